The largest absolute Gasteiger partial charge is 0.388 e. The van der Waals surface area contributed by atoms with E-state index in [0.29, 0.717) is 25.3 Å². The number of methoxy groups -OCH3 is 1. The van der Waals surface area contributed by atoms with Crippen molar-refractivity contribution in [3.8, 4) is 0 Å². The second-order valence-electron chi connectivity index (χ2n) is 4.59. The van der Waals surface area contributed by atoms with Gasteiger partial charge in [-0.05, 0) is 13.3 Å². The summed E-state index contributed by atoms with van der Waals surface area (Å²) in [4.78, 5) is 13.6. The summed E-state index contributed by atoms with van der Waals surface area (Å²) in [5, 5.41) is 13.5. The van der Waals surface area contributed by atoms with E-state index in [-0.39, 0.29) is 18.2 Å². The van der Waals surface area contributed by atoms with Gasteiger partial charge in [0.15, 0.2) is 11.5 Å². The summed E-state index contributed by atoms with van der Waals surface area (Å²) >= 11 is 0. The number of hydrogen-bond donors (Lipinski definition) is 1. The van der Waals surface area contributed by atoms with E-state index in [1.807, 2.05) is 0 Å². The molecule has 0 radical (unpaired) electrons. The first-order chi connectivity index (χ1) is 8.02. The first kappa shape index (κ1) is 12.1. The number of β-amino-alcohol motifs (C(OH)–C–C–N with tert-alkyl or cyclic N) is 1. The van der Waals surface area contributed by atoms with Gasteiger partial charge in [-0.25, -0.2) is 0 Å². The summed E-state index contributed by atoms with van der Waals surface area (Å²) in [6.07, 6.45) is 0.585. The number of aromatic nitrogens is 1. The average Bonchev–Trinajstić information content (AvgIpc) is 2.85. The van der Waals surface area contributed by atoms with Crippen LogP contribution in [0.1, 0.15) is 29.6 Å². The lowest BCUT2D eigenvalue weighted by Gasteiger charge is -2.17. The molecule has 0 spiro atoms. The Morgan fingerprint density at radius 2 is 2.53 bits per heavy atom. The van der Waals surface area contributed by atoms with Crippen LogP contribution in [-0.2, 0) is 11.3 Å². The van der Waals surface area contributed by atoms with E-state index in [1.165, 1.54) is 0 Å². The van der Waals surface area contributed by atoms with Crippen LogP contribution in [0, 0.1) is 0 Å². The number of carbonyl (C=O) groups excluding carboxylic acids is 1. The zero-order valence-electron chi connectivity index (χ0n) is 9.97. The number of hydrogen-bond acceptors (Lipinski definition) is 5. The van der Waals surface area contributed by atoms with Crippen molar-refractivity contribution < 1.29 is 19.2 Å². The van der Waals surface area contributed by atoms with Crippen molar-refractivity contribution in [2.45, 2.75) is 25.6 Å². The Morgan fingerprint density at radius 1 is 1.76 bits per heavy atom. The molecule has 1 atom stereocenters. The first-order valence-corrected chi connectivity index (χ1v) is 5.48. The van der Waals surface area contributed by atoms with Crippen LogP contribution in [0.2, 0.25) is 0 Å². The fourth-order valence-corrected chi connectivity index (χ4v) is 1.90. The standard InChI is InChI=1S/C11H16N2O4/c1-11(15)3-4-13(7-11)10(14)9-5-8(6-16-2)17-12-9/h5,15H,3-4,6-7H2,1-2H3. The Balaban J connectivity index is 2.04. The molecule has 1 aliphatic heterocycles. The van der Waals surface area contributed by atoms with E-state index in [2.05, 4.69) is 5.16 Å². The second kappa shape index (κ2) is 4.46. The van der Waals surface area contributed by atoms with Gasteiger partial charge in [-0.1, -0.05) is 5.16 Å². The molecule has 0 aliphatic carbocycles. The molecule has 2 heterocycles. The monoisotopic (exact) mass is 240 g/mol. The van der Waals surface area contributed by atoms with E-state index in [1.54, 1.807) is 25.0 Å². The molecule has 1 aromatic rings. The van der Waals surface area contributed by atoms with Gasteiger partial charge < -0.3 is 19.3 Å². The summed E-state index contributed by atoms with van der Waals surface area (Å²) in [6.45, 7) is 2.88. The molecule has 6 nitrogen and oxygen atoms in total. The molecule has 0 aromatic carbocycles. The number of ether oxygens (including phenoxy) is 1. The third kappa shape index (κ3) is 2.65. The highest BCUT2D eigenvalue weighted by atomic mass is 16.5. The fraction of sp³-hybridized carbons (Fsp3) is 0.636. The Kier molecular flexibility index (Phi) is 3.17. The molecular formula is C11H16N2O4. The summed E-state index contributed by atoms with van der Waals surface area (Å²) in [7, 11) is 1.54. The van der Waals surface area contributed by atoms with E-state index in [0.717, 1.165) is 0 Å². The molecule has 1 fully saturated rings. The normalized spacial score (nSPS) is 24.3. The Labute approximate surface area is 99.1 Å². The number of rotatable bonds is 3. The molecule has 0 saturated carbocycles. The van der Waals surface area contributed by atoms with Gasteiger partial charge in [0.2, 0.25) is 0 Å². The van der Waals surface area contributed by atoms with Crippen molar-refractivity contribution in [3.05, 3.63) is 17.5 Å². The third-order valence-electron chi connectivity index (χ3n) is 2.80. The van der Waals surface area contributed by atoms with Gasteiger partial charge in [-0.15, -0.1) is 0 Å². The van der Waals surface area contributed by atoms with E-state index in [9.17, 15) is 9.90 Å². The Hall–Kier alpha value is -1.40. The molecule has 2 rings (SSSR count). The number of nitrogens with zero attached hydrogens (tertiary/aromatic N) is 2. The van der Waals surface area contributed by atoms with Crippen LogP contribution in [0.15, 0.2) is 10.6 Å². The quantitative estimate of drug-likeness (QED) is 0.828. The highest BCUT2D eigenvalue weighted by molar-refractivity contribution is 5.92. The van der Waals surface area contributed by atoms with Crippen molar-refractivity contribution in [2.75, 3.05) is 20.2 Å². The molecule has 1 N–H and O–H groups in total. The summed E-state index contributed by atoms with van der Waals surface area (Å²) in [5.74, 6) is 0.302. The smallest absolute Gasteiger partial charge is 0.276 e. The first-order valence-electron chi connectivity index (χ1n) is 5.48. The van der Waals surface area contributed by atoms with Crippen LogP contribution >= 0.6 is 0 Å². The van der Waals surface area contributed by atoms with Gasteiger partial charge in [0, 0.05) is 26.3 Å². The molecule has 0 bridgehead atoms. The predicted octanol–water partition coefficient (Wildman–Crippen LogP) is 0.418. The minimum absolute atomic E-state index is 0.214. The lowest BCUT2D eigenvalue weighted by atomic mass is 10.1. The molecule has 1 aromatic heterocycles. The van der Waals surface area contributed by atoms with Gasteiger partial charge in [-0.3, -0.25) is 4.79 Å². The predicted molar refractivity (Wildman–Crippen MR) is 58.4 cm³/mol. The molecule has 17 heavy (non-hydrogen) atoms. The molecule has 1 unspecified atom stereocenters. The maximum atomic E-state index is 12.0. The van der Waals surface area contributed by atoms with Crippen LogP contribution in [0.5, 0.6) is 0 Å². The lowest BCUT2D eigenvalue weighted by molar-refractivity contribution is 0.0566. The van der Waals surface area contributed by atoms with Gasteiger partial charge in [-0.2, -0.15) is 0 Å². The van der Waals surface area contributed by atoms with Crippen molar-refractivity contribution >= 4 is 5.91 Å². The van der Waals surface area contributed by atoms with E-state index < -0.39 is 5.60 Å². The van der Waals surface area contributed by atoms with Crippen molar-refractivity contribution in [2.24, 2.45) is 0 Å². The Morgan fingerprint density at radius 3 is 3.12 bits per heavy atom. The Bertz CT molecular complexity index is 413. The molecule has 1 aliphatic rings. The second-order valence-corrected chi connectivity index (χ2v) is 4.59. The molecule has 6 heteroatoms. The highest BCUT2D eigenvalue weighted by Crippen LogP contribution is 2.22. The third-order valence-corrected chi connectivity index (χ3v) is 2.80. The summed E-state index contributed by atoms with van der Waals surface area (Å²) < 4.78 is 9.83. The summed E-state index contributed by atoms with van der Waals surface area (Å²) in [5.41, 5.74) is -0.538. The van der Waals surface area contributed by atoms with Gasteiger partial charge in [0.1, 0.15) is 6.61 Å². The summed E-state index contributed by atoms with van der Waals surface area (Å²) in [6, 6.07) is 1.57. The van der Waals surface area contributed by atoms with Crippen LogP contribution in [0.3, 0.4) is 0 Å². The number of amides is 1. The maximum absolute atomic E-state index is 12.0. The van der Waals surface area contributed by atoms with Crippen molar-refractivity contribution in [1.82, 2.24) is 10.1 Å². The van der Waals surface area contributed by atoms with Gasteiger partial charge >= 0.3 is 0 Å². The van der Waals surface area contributed by atoms with Crippen LogP contribution < -0.4 is 0 Å². The minimum atomic E-state index is -0.797. The zero-order chi connectivity index (χ0) is 12.5. The van der Waals surface area contributed by atoms with Gasteiger partial charge in [0.25, 0.3) is 5.91 Å². The molecule has 1 amide bonds. The number of likely N-dealkylation sites (tertiary alicyclic amines) is 1. The van der Waals surface area contributed by atoms with Crippen LogP contribution in [0.25, 0.3) is 0 Å². The molecule has 94 valence electrons. The number of carbonyl (C=O) groups is 1. The van der Waals surface area contributed by atoms with Crippen LogP contribution in [0.4, 0.5) is 0 Å². The van der Waals surface area contributed by atoms with Gasteiger partial charge in [0.05, 0.1) is 5.60 Å². The topological polar surface area (TPSA) is 75.8 Å². The number of aliphatic hydroxyl groups is 1. The fourth-order valence-electron chi connectivity index (χ4n) is 1.90. The maximum Gasteiger partial charge on any atom is 0.276 e. The lowest BCUT2D eigenvalue weighted by Crippen LogP contribution is -2.34. The SMILES string of the molecule is COCc1cc(C(=O)N2CCC(C)(O)C2)no1. The minimum Gasteiger partial charge on any atom is -0.388 e. The van der Waals surface area contributed by atoms with Crippen LogP contribution in [-0.4, -0.2) is 46.9 Å². The molecular weight excluding hydrogens is 224 g/mol. The van der Waals surface area contributed by atoms with E-state index >= 15 is 0 Å². The molecule has 1 saturated heterocycles. The highest BCUT2D eigenvalue weighted by Gasteiger charge is 2.35. The van der Waals surface area contributed by atoms with E-state index in [4.69, 9.17) is 9.26 Å². The zero-order valence-corrected chi connectivity index (χ0v) is 9.97. The van der Waals surface area contributed by atoms with Crippen molar-refractivity contribution in [1.29, 1.82) is 0 Å². The van der Waals surface area contributed by atoms with Crippen molar-refractivity contribution in [3.63, 3.8) is 0 Å². The average molecular weight is 240 g/mol.